The molecule has 19 heavy (non-hydrogen) atoms. The third kappa shape index (κ3) is 3.84. The summed E-state index contributed by atoms with van der Waals surface area (Å²) in [5.74, 6) is -1.07. The van der Waals surface area contributed by atoms with Crippen molar-refractivity contribution in [3.63, 3.8) is 0 Å². The van der Waals surface area contributed by atoms with Gasteiger partial charge in [0.1, 0.15) is 6.04 Å². The van der Waals surface area contributed by atoms with E-state index in [0.29, 0.717) is 19.4 Å². The molecule has 0 aromatic heterocycles. The highest BCUT2D eigenvalue weighted by Crippen LogP contribution is 2.45. The summed E-state index contributed by atoms with van der Waals surface area (Å²) in [6.45, 7) is 4.10. The lowest BCUT2D eigenvalue weighted by Gasteiger charge is -2.21. The van der Waals surface area contributed by atoms with Crippen molar-refractivity contribution in [2.75, 3.05) is 20.1 Å². The maximum Gasteiger partial charge on any atom is 0.315 e. The van der Waals surface area contributed by atoms with Crippen molar-refractivity contribution in [1.82, 2.24) is 15.5 Å². The molecular formula is C12H21N3O4. The number of aliphatic carboxylic acids is 1. The maximum atomic E-state index is 11.7. The molecule has 1 atom stereocenters. The fourth-order valence-electron chi connectivity index (χ4n) is 1.66. The number of carboxylic acid groups (broad SMARTS) is 1. The van der Waals surface area contributed by atoms with Crippen molar-refractivity contribution < 1.29 is 19.5 Å². The van der Waals surface area contributed by atoms with Crippen LogP contribution in [-0.4, -0.2) is 54.1 Å². The van der Waals surface area contributed by atoms with E-state index in [4.69, 9.17) is 5.11 Å². The van der Waals surface area contributed by atoms with Crippen LogP contribution in [0, 0.1) is 5.41 Å². The number of carbonyl (C=O) groups excluding carboxylic acids is 2. The molecule has 7 heteroatoms. The minimum Gasteiger partial charge on any atom is -0.481 e. The second kappa shape index (κ2) is 5.90. The molecular weight excluding hydrogens is 250 g/mol. The Bertz CT molecular complexity index is 379. The number of nitrogens with zero attached hydrogens (tertiary/aromatic N) is 1. The van der Waals surface area contributed by atoms with E-state index in [-0.39, 0.29) is 12.5 Å². The van der Waals surface area contributed by atoms with Crippen LogP contribution in [0.2, 0.25) is 0 Å². The Balaban J connectivity index is 2.35. The lowest BCUT2D eigenvalue weighted by molar-refractivity contribution is -0.143. The monoisotopic (exact) mass is 271 g/mol. The number of amides is 3. The van der Waals surface area contributed by atoms with Gasteiger partial charge in [0.25, 0.3) is 0 Å². The van der Waals surface area contributed by atoms with Gasteiger partial charge in [-0.3, -0.25) is 9.59 Å². The number of hydrogen-bond donors (Lipinski definition) is 3. The molecule has 108 valence electrons. The SMILES string of the molecule is CCN(C)C(=O)C(C)NC(=O)NCC1(C(=O)O)CC1. The molecule has 1 unspecified atom stereocenters. The first kappa shape index (κ1) is 15.3. The smallest absolute Gasteiger partial charge is 0.315 e. The van der Waals surface area contributed by atoms with Crippen molar-refractivity contribution in [3.05, 3.63) is 0 Å². The van der Waals surface area contributed by atoms with Crippen molar-refractivity contribution >= 4 is 17.9 Å². The van der Waals surface area contributed by atoms with Gasteiger partial charge in [-0.1, -0.05) is 0 Å². The van der Waals surface area contributed by atoms with Crippen LogP contribution in [0.4, 0.5) is 4.79 Å². The van der Waals surface area contributed by atoms with E-state index in [1.807, 2.05) is 6.92 Å². The van der Waals surface area contributed by atoms with Gasteiger partial charge in [-0.25, -0.2) is 4.79 Å². The molecule has 1 saturated carbocycles. The first-order valence-electron chi connectivity index (χ1n) is 6.35. The molecule has 0 aliphatic heterocycles. The first-order valence-corrected chi connectivity index (χ1v) is 6.35. The predicted molar refractivity (Wildman–Crippen MR) is 68.6 cm³/mol. The summed E-state index contributed by atoms with van der Waals surface area (Å²) in [6.07, 6.45) is 1.16. The number of rotatable bonds is 6. The van der Waals surface area contributed by atoms with Crippen LogP contribution in [0.15, 0.2) is 0 Å². The molecule has 1 rings (SSSR count). The number of likely N-dealkylation sites (N-methyl/N-ethyl adjacent to an activating group) is 1. The van der Waals surface area contributed by atoms with Crippen molar-refractivity contribution in [2.24, 2.45) is 5.41 Å². The molecule has 1 aliphatic rings. The highest BCUT2D eigenvalue weighted by atomic mass is 16.4. The van der Waals surface area contributed by atoms with Crippen molar-refractivity contribution in [2.45, 2.75) is 32.7 Å². The van der Waals surface area contributed by atoms with E-state index in [1.165, 1.54) is 4.90 Å². The quantitative estimate of drug-likeness (QED) is 0.634. The highest BCUT2D eigenvalue weighted by Gasteiger charge is 2.50. The Morgan fingerprint density at radius 1 is 1.37 bits per heavy atom. The van der Waals surface area contributed by atoms with Gasteiger partial charge in [-0.05, 0) is 26.7 Å². The van der Waals surface area contributed by atoms with Crippen LogP contribution >= 0.6 is 0 Å². The fourth-order valence-corrected chi connectivity index (χ4v) is 1.66. The molecule has 0 aromatic rings. The van der Waals surface area contributed by atoms with Crippen LogP contribution in [0.1, 0.15) is 26.7 Å². The van der Waals surface area contributed by atoms with Gasteiger partial charge in [-0.2, -0.15) is 0 Å². The number of carbonyl (C=O) groups is 3. The molecule has 0 saturated heterocycles. The second-order valence-electron chi connectivity index (χ2n) is 4.99. The number of nitrogens with one attached hydrogen (secondary N) is 2. The lowest BCUT2D eigenvalue weighted by atomic mass is 10.1. The van der Waals surface area contributed by atoms with Gasteiger partial charge in [0.05, 0.1) is 5.41 Å². The predicted octanol–water partition coefficient (Wildman–Crippen LogP) is 0.0172. The summed E-state index contributed by atoms with van der Waals surface area (Å²) in [5.41, 5.74) is -0.801. The summed E-state index contributed by atoms with van der Waals surface area (Å²) in [4.78, 5) is 35.7. The molecule has 0 bridgehead atoms. The fraction of sp³-hybridized carbons (Fsp3) is 0.750. The Labute approximate surface area is 112 Å². The molecule has 3 N–H and O–H groups in total. The van der Waals surface area contributed by atoms with E-state index in [9.17, 15) is 14.4 Å². The molecule has 3 amide bonds. The number of urea groups is 1. The Morgan fingerprint density at radius 3 is 2.37 bits per heavy atom. The molecule has 0 spiro atoms. The first-order chi connectivity index (χ1) is 8.82. The normalized spacial score (nSPS) is 17.2. The van der Waals surface area contributed by atoms with Gasteiger partial charge in [0, 0.05) is 20.1 Å². The van der Waals surface area contributed by atoms with Crippen LogP contribution in [-0.2, 0) is 9.59 Å². The Kier molecular flexibility index (Phi) is 4.74. The van der Waals surface area contributed by atoms with Crippen molar-refractivity contribution in [3.8, 4) is 0 Å². The number of carboxylic acids is 1. The summed E-state index contributed by atoms with van der Waals surface area (Å²) < 4.78 is 0. The molecule has 0 heterocycles. The van der Waals surface area contributed by atoms with Crippen LogP contribution < -0.4 is 10.6 Å². The largest absolute Gasteiger partial charge is 0.481 e. The van der Waals surface area contributed by atoms with Crippen molar-refractivity contribution in [1.29, 1.82) is 0 Å². The molecule has 1 fully saturated rings. The highest BCUT2D eigenvalue weighted by molar-refractivity contribution is 5.87. The average Bonchev–Trinajstić information content (AvgIpc) is 3.15. The molecule has 1 aliphatic carbocycles. The minimum absolute atomic E-state index is 0.0959. The van der Waals surface area contributed by atoms with E-state index in [0.717, 1.165) is 0 Å². The standard InChI is InChI=1S/C12H21N3O4/c1-4-15(3)9(16)8(2)14-11(19)13-7-12(5-6-12)10(17)18/h8H,4-7H2,1-3H3,(H,17,18)(H2,13,14,19). The third-order valence-electron chi connectivity index (χ3n) is 3.46. The van der Waals surface area contributed by atoms with Gasteiger partial charge >= 0.3 is 12.0 Å². The van der Waals surface area contributed by atoms with Gasteiger partial charge in [0.15, 0.2) is 0 Å². The summed E-state index contributed by atoms with van der Waals surface area (Å²) in [7, 11) is 1.65. The van der Waals surface area contributed by atoms with E-state index >= 15 is 0 Å². The van der Waals surface area contributed by atoms with Crippen LogP contribution in [0.5, 0.6) is 0 Å². The van der Waals surface area contributed by atoms with E-state index in [2.05, 4.69) is 10.6 Å². The maximum absolute atomic E-state index is 11.7. The topological polar surface area (TPSA) is 98.7 Å². The third-order valence-corrected chi connectivity index (χ3v) is 3.46. The molecule has 7 nitrogen and oxygen atoms in total. The van der Waals surface area contributed by atoms with Gasteiger partial charge < -0.3 is 20.6 Å². The molecule has 0 radical (unpaired) electrons. The van der Waals surface area contributed by atoms with Gasteiger partial charge in [0.2, 0.25) is 5.91 Å². The zero-order valence-corrected chi connectivity index (χ0v) is 11.5. The molecule has 0 aromatic carbocycles. The van der Waals surface area contributed by atoms with Crippen LogP contribution in [0.25, 0.3) is 0 Å². The average molecular weight is 271 g/mol. The van der Waals surface area contributed by atoms with Gasteiger partial charge in [-0.15, -0.1) is 0 Å². The lowest BCUT2D eigenvalue weighted by Crippen LogP contribution is -2.50. The zero-order chi connectivity index (χ0) is 14.6. The Morgan fingerprint density at radius 2 is 1.95 bits per heavy atom. The number of hydrogen-bond acceptors (Lipinski definition) is 3. The summed E-state index contributed by atoms with van der Waals surface area (Å²) >= 11 is 0. The van der Waals surface area contributed by atoms with Crippen LogP contribution in [0.3, 0.4) is 0 Å². The Hall–Kier alpha value is -1.79. The summed E-state index contributed by atoms with van der Waals surface area (Å²) in [5, 5.41) is 14.0. The summed E-state index contributed by atoms with van der Waals surface area (Å²) in [6, 6.07) is -1.15. The second-order valence-corrected chi connectivity index (χ2v) is 4.99. The minimum atomic E-state index is -0.886. The zero-order valence-electron chi connectivity index (χ0n) is 11.5. The van der Waals surface area contributed by atoms with E-state index < -0.39 is 23.5 Å². The van der Waals surface area contributed by atoms with E-state index in [1.54, 1.807) is 14.0 Å².